The van der Waals surface area contributed by atoms with Gasteiger partial charge < -0.3 is 5.73 Å². The van der Waals surface area contributed by atoms with Gasteiger partial charge in [0.05, 0.1) is 5.69 Å². The van der Waals surface area contributed by atoms with Crippen LogP contribution in [0.4, 0.5) is 5.82 Å². The van der Waals surface area contributed by atoms with Crippen molar-refractivity contribution in [2.24, 2.45) is 0 Å². The Morgan fingerprint density at radius 1 is 1.38 bits per heavy atom. The molecule has 2 N–H and O–H groups in total. The van der Waals surface area contributed by atoms with E-state index in [1.807, 2.05) is 18.2 Å². The van der Waals surface area contributed by atoms with E-state index in [0.717, 1.165) is 16.5 Å². The number of rotatable bonds is 3. The van der Waals surface area contributed by atoms with E-state index in [1.54, 1.807) is 16.4 Å². The second-order valence-electron chi connectivity index (χ2n) is 3.59. The van der Waals surface area contributed by atoms with Crippen LogP contribution in [-0.2, 0) is 0 Å². The van der Waals surface area contributed by atoms with E-state index in [1.165, 1.54) is 5.56 Å². The number of aromatic nitrogens is 2. The van der Waals surface area contributed by atoms with E-state index in [9.17, 15) is 0 Å². The minimum Gasteiger partial charge on any atom is -0.384 e. The van der Waals surface area contributed by atoms with Crippen LogP contribution >= 0.6 is 11.8 Å². The zero-order chi connectivity index (χ0) is 11.5. The van der Waals surface area contributed by atoms with Crippen molar-refractivity contribution in [2.45, 2.75) is 18.9 Å². The van der Waals surface area contributed by atoms with Crippen molar-refractivity contribution in [2.75, 3.05) is 11.5 Å². The Labute approximate surface area is 99.7 Å². The molecule has 0 saturated heterocycles. The first-order valence-corrected chi connectivity index (χ1v) is 6.24. The van der Waals surface area contributed by atoms with Gasteiger partial charge in [-0.3, -0.25) is 0 Å². The number of hydrogen-bond acceptors (Lipinski definition) is 3. The molecule has 16 heavy (non-hydrogen) atoms. The molecule has 0 bridgehead atoms. The third-order valence-electron chi connectivity index (χ3n) is 2.25. The fraction of sp³-hybridized carbons (Fsp3) is 0.250. The highest BCUT2D eigenvalue weighted by Crippen LogP contribution is 2.22. The van der Waals surface area contributed by atoms with Crippen molar-refractivity contribution in [1.82, 2.24) is 9.78 Å². The van der Waals surface area contributed by atoms with Crippen LogP contribution in [0.1, 0.15) is 12.5 Å². The van der Waals surface area contributed by atoms with E-state index in [-0.39, 0.29) is 0 Å². The molecule has 0 unspecified atom stereocenters. The van der Waals surface area contributed by atoms with E-state index in [4.69, 9.17) is 5.73 Å². The van der Waals surface area contributed by atoms with E-state index in [2.05, 4.69) is 31.1 Å². The molecule has 0 radical (unpaired) electrons. The van der Waals surface area contributed by atoms with Crippen LogP contribution in [-0.4, -0.2) is 15.5 Å². The third kappa shape index (κ3) is 2.22. The van der Waals surface area contributed by atoms with Gasteiger partial charge in [0.1, 0.15) is 10.8 Å². The van der Waals surface area contributed by atoms with Crippen LogP contribution in [0, 0.1) is 6.92 Å². The fourth-order valence-corrected chi connectivity index (χ4v) is 2.20. The molecule has 2 rings (SSSR count). The molecule has 0 atom stereocenters. The van der Waals surface area contributed by atoms with Gasteiger partial charge in [0.15, 0.2) is 0 Å². The highest BCUT2D eigenvalue weighted by atomic mass is 32.2. The summed E-state index contributed by atoms with van der Waals surface area (Å²) in [5.74, 6) is 1.69. The average molecular weight is 233 g/mol. The Balaban J connectivity index is 2.40. The van der Waals surface area contributed by atoms with Gasteiger partial charge >= 0.3 is 0 Å². The summed E-state index contributed by atoms with van der Waals surface area (Å²) in [5.41, 5.74) is 8.16. The summed E-state index contributed by atoms with van der Waals surface area (Å²) >= 11 is 1.70. The summed E-state index contributed by atoms with van der Waals surface area (Å²) in [4.78, 5) is 0. The maximum absolute atomic E-state index is 5.94. The molecule has 0 fully saturated rings. The number of anilines is 1. The quantitative estimate of drug-likeness (QED) is 0.829. The number of thioether (sulfide) groups is 1. The standard InChI is InChI=1S/C12H15N3S/c1-3-16-12-8-11(13)15(14-12)10-6-4-5-9(2)7-10/h4-8H,3,13H2,1-2H3. The first kappa shape index (κ1) is 11.1. The van der Waals surface area contributed by atoms with Crippen LogP contribution in [0.3, 0.4) is 0 Å². The summed E-state index contributed by atoms with van der Waals surface area (Å²) in [6, 6.07) is 10.1. The second kappa shape index (κ2) is 4.61. The average Bonchev–Trinajstić information content (AvgIpc) is 2.60. The minimum absolute atomic E-state index is 0.682. The van der Waals surface area contributed by atoms with E-state index in [0.29, 0.717) is 5.82 Å². The predicted octanol–water partition coefficient (Wildman–Crippen LogP) is 2.87. The lowest BCUT2D eigenvalue weighted by molar-refractivity contribution is 0.845. The Morgan fingerprint density at radius 3 is 2.88 bits per heavy atom. The largest absolute Gasteiger partial charge is 0.384 e. The van der Waals surface area contributed by atoms with Crippen molar-refractivity contribution < 1.29 is 0 Å². The molecule has 0 aliphatic heterocycles. The number of nitrogen functional groups attached to an aromatic ring is 1. The first-order chi connectivity index (χ1) is 7.70. The zero-order valence-electron chi connectivity index (χ0n) is 9.47. The zero-order valence-corrected chi connectivity index (χ0v) is 10.3. The second-order valence-corrected chi connectivity index (χ2v) is 4.88. The van der Waals surface area contributed by atoms with Gasteiger partial charge in [-0.05, 0) is 30.4 Å². The van der Waals surface area contributed by atoms with Crippen LogP contribution in [0.15, 0.2) is 35.4 Å². The number of benzene rings is 1. The molecule has 1 heterocycles. The molecule has 2 aromatic rings. The summed E-state index contributed by atoms with van der Waals surface area (Å²) < 4.78 is 1.78. The van der Waals surface area contributed by atoms with Crippen molar-refractivity contribution in [1.29, 1.82) is 0 Å². The highest BCUT2D eigenvalue weighted by Gasteiger charge is 2.06. The normalized spacial score (nSPS) is 10.6. The molecule has 0 aliphatic rings. The molecule has 84 valence electrons. The van der Waals surface area contributed by atoms with Gasteiger partial charge in [-0.2, -0.15) is 5.10 Å². The Hall–Kier alpha value is -1.42. The molecule has 3 nitrogen and oxygen atoms in total. The van der Waals surface area contributed by atoms with Crippen molar-refractivity contribution in [3.05, 3.63) is 35.9 Å². The summed E-state index contributed by atoms with van der Waals surface area (Å²) in [7, 11) is 0. The lowest BCUT2D eigenvalue weighted by Gasteiger charge is -2.04. The van der Waals surface area contributed by atoms with Crippen molar-refractivity contribution in [3.8, 4) is 5.69 Å². The van der Waals surface area contributed by atoms with E-state index >= 15 is 0 Å². The van der Waals surface area contributed by atoms with Gasteiger partial charge in [-0.15, -0.1) is 11.8 Å². The maximum Gasteiger partial charge on any atom is 0.128 e. The molecule has 0 amide bonds. The lowest BCUT2D eigenvalue weighted by Crippen LogP contribution is -2.01. The molecule has 0 spiro atoms. The fourth-order valence-electron chi connectivity index (χ4n) is 1.56. The Kier molecular flexibility index (Phi) is 3.19. The lowest BCUT2D eigenvalue weighted by atomic mass is 10.2. The number of nitrogens with zero attached hydrogens (tertiary/aromatic N) is 2. The molecule has 0 aliphatic carbocycles. The smallest absolute Gasteiger partial charge is 0.128 e. The molecule has 1 aromatic heterocycles. The van der Waals surface area contributed by atoms with Gasteiger partial charge in [0.2, 0.25) is 0 Å². The molecule has 1 aromatic carbocycles. The van der Waals surface area contributed by atoms with Gasteiger partial charge in [0.25, 0.3) is 0 Å². The minimum atomic E-state index is 0.682. The van der Waals surface area contributed by atoms with Gasteiger partial charge in [-0.1, -0.05) is 19.1 Å². The monoisotopic (exact) mass is 233 g/mol. The van der Waals surface area contributed by atoms with Crippen molar-refractivity contribution >= 4 is 17.6 Å². The van der Waals surface area contributed by atoms with Gasteiger partial charge in [0, 0.05) is 6.07 Å². The SMILES string of the molecule is CCSc1cc(N)n(-c2cccc(C)c2)n1. The van der Waals surface area contributed by atoms with Crippen LogP contribution < -0.4 is 5.73 Å². The molecular formula is C12H15N3S. The molecular weight excluding hydrogens is 218 g/mol. The summed E-state index contributed by atoms with van der Waals surface area (Å²) in [6.45, 7) is 4.16. The van der Waals surface area contributed by atoms with Crippen LogP contribution in [0.5, 0.6) is 0 Å². The van der Waals surface area contributed by atoms with E-state index < -0.39 is 0 Å². The number of nitrogens with two attached hydrogens (primary N) is 1. The molecule has 4 heteroatoms. The number of aryl methyl sites for hydroxylation is 1. The Morgan fingerprint density at radius 2 is 2.19 bits per heavy atom. The van der Waals surface area contributed by atoms with Crippen LogP contribution in [0.25, 0.3) is 5.69 Å². The topological polar surface area (TPSA) is 43.8 Å². The summed E-state index contributed by atoms with van der Waals surface area (Å²) in [5, 5.41) is 5.44. The van der Waals surface area contributed by atoms with Gasteiger partial charge in [-0.25, -0.2) is 4.68 Å². The Bertz CT molecular complexity index is 491. The summed E-state index contributed by atoms with van der Waals surface area (Å²) in [6.07, 6.45) is 0. The number of hydrogen-bond donors (Lipinski definition) is 1. The van der Waals surface area contributed by atoms with Crippen LogP contribution in [0.2, 0.25) is 0 Å². The predicted molar refractivity (Wildman–Crippen MR) is 69.1 cm³/mol. The molecule has 0 saturated carbocycles. The first-order valence-electron chi connectivity index (χ1n) is 5.26. The third-order valence-corrected chi connectivity index (χ3v) is 3.04. The maximum atomic E-state index is 5.94. The van der Waals surface area contributed by atoms with Crippen molar-refractivity contribution in [3.63, 3.8) is 0 Å². The highest BCUT2D eigenvalue weighted by molar-refractivity contribution is 7.99.